The van der Waals surface area contributed by atoms with Crippen molar-refractivity contribution < 1.29 is 63.5 Å². The van der Waals surface area contributed by atoms with Crippen molar-refractivity contribution >= 4 is 25.5 Å². The molecule has 0 saturated carbocycles. The standard InChI is InChI=1S/C7H11O9P.Zn/c8-4(9)1-2-7(6(12)13,3-5(10)11)17(14,15)16;/h1-3H2,(H,8,9)(H,10,11)(H,12,13)(H2,14,15,16);. The van der Waals surface area contributed by atoms with Crippen LogP contribution >= 0.6 is 7.60 Å². The Kier molecular flexibility index (Phi) is 7.53. The van der Waals surface area contributed by atoms with E-state index in [9.17, 15) is 18.9 Å². The van der Waals surface area contributed by atoms with Crippen LogP contribution in [-0.2, 0) is 38.4 Å². The molecule has 100 valence electrons. The Bertz CT molecular complexity index is 388. The maximum atomic E-state index is 11.1. The molecule has 0 aromatic heterocycles. The van der Waals surface area contributed by atoms with E-state index in [0.29, 0.717) is 0 Å². The minimum atomic E-state index is -5.32. The van der Waals surface area contributed by atoms with Gasteiger partial charge in [-0.1, -0.05) is 0 Å². The van der Waals surface area contributed by atoms with Crippen LogP contribution in [0.2, 0.25) is 0 Å². The largest absolute Gasteiger partial charge is 0.481 e. The summed E-state index contributed by atoms with van der Waals surface area (Å²) in [5, 5.41) is 22.7. The van der Waals surface area contributed by atoms with Gasteiger partial charge in [-0.15, -0.1) is 0 Å². The third-order valence-electron chi connectivity index (χ3n) is 2.15. The van der Waals surface area contributed by atoms with Crippen molar-refractivity contribution in [3.05, 3.63) is 0 Å². The van der Waals surface area contributed by atoms with Crippen molar-refractivity contribution in [2.45, 2.75) is 24.4 Å². The van der Waals surface area contributed by atoms with Crippen LogP contribution in [-0.4, -0.2) is 48.2 Å². The zero-order valence-corrected chi connectivity index (χ0v) is 13.0. The van der Waals surface area contributed by atoms with Gasteiger partial charge in [-0.2, -0.15) is 0 Å². The zero-order chi connectivity index (χ0) is 13.9. The van der Waals surface area contributed by atoms with Crippen molar-refractivity contribution in [2.75, 3.05) is 0 Å². The van der Waals surface area contributed by atoms with Crippen molar-refractivity contribution in [1.29, 1.82) is 0 Å². The molecule has 0 aliphatic heterocycles. The van der Waals surface area contributed by atoms with Gasteiger partial charge in [0.1, 0.15) is 0 Å². The predicted octanol–water partition coefficient (Wildman–Crippen LogP) is -0.675. The third kappa shape index (κ3) is 4.82. The summed E-state index contributed by atoms with van der Waals surface area (Å²) < 4.78 is 11.1. The van der Waals surface area contributed by atoms with E-state index in [1.165, 1.54) is 0 Å². The molecule has 1 atom stereocenters. The van der Waals surface area contributed by atoms with Crippen molar-refractivity contribution in [1.82, 2.24) is 0 Å². The number of aliphatic carboxylic acids is 3. The smallest absolute Gasteiger partial charge is 0.343 e. The van der Waals surface area contributed by atoms with E-state index in [0.717, 1.165) is 0 Å². The molecule has 9 nitrogen and oxygen atoms in total. The SMILES string of the molecule is O=C(O)CCC(CC(=O)O)(C(=O)O)P(=O)(O)O.[Zn]. The zero-order valence-electron chi connectivity index (χ0n) is 9.14. The van der Waals surface area contributed by atoms with E-state index in [4.69, 9.17) is 25.1 Å². The summed E-state index contributed by atoms with van der Waals surface area (Å²) in [5.74, 6) is -5.25. The van der Waals surface area contributed by atoms with Crippen LogP contribution < -0.4 is 0 Å². The Morgan fingerprint density at radius 2 is 1.44 bits per heavy atom. The summed E-state index contributed by atoms with van der Waals surface area (Å²) in [4.78, 5) is 49.5. The van der Waals surface area contributed by atoms with E-state index in [1.54, 1.807) is 0 Å². The third-order valence-corrected chi connectivity index (χ3v) is 3.84. The average Bonchev–Trinajstić information content (AvgIpc) is 2.08. The topological polar surface area (TPSA) is 169 Å². The molecule has 1 unspecified atom stereocenters. The van der Waals surface area contributed by atoms with Crippen molar-refractivity contribution in [3.8, 4) is 0 Å². The minimum Gasteiger partial charge on any atom is -0.481 e. The number of carbonyl (C=O) groups is 3. The summed E-state index contributed by atoms with van der Waals surface area (Å²) in [6.07, 6.45) is -3.17. The molecule has 0 bridgehead atoms. The number of hydrogen-bond donors (Lipinski definition) is 5. The molecular formula is C7H11O9PZn. The van der Waals surface area contributed by atoms with Gasteiger partial charge in [0.2, 0.25) is 0 Å². The average molecular weight is 336 g/mol. The van der Waals surface area contributed by atoms with Gasteiger partial charge >= 0.3 is 25.5 Å². The van der Waals surface area contributed by atoms with Crippen LogP contribution in [0.5, 0.6) is 0 Å². The predicted molar refractivity (Wildman–Crippen MR) is 51.5 cm³/mol. The molecule has 0 radical (unpaired) electrons. The van der Waals surface area contributed by atoms with Gasteiger partial charge in [0.15, 0.2) is 5.16 Å². The fourth-order valence-corrected chi connectivity index (χ4v) is 2.20. The van der Waals surface area contributed by atoms with E-state index in [-0.39, 0.29) is 19.5 Å². The van der Waals surface area contributed by atoms with Crippen LogP contribution in [0, 0.1) is 0 Å². The Hall–Kier alpha value is -0.817. The van der Waals surface area contributed by atoms with Gasteiger partial charge in [0.05, 0.1) is 6.42 Å². The normalized spacial score (nSPS) is 14.1. The first-order valence-corrected chi connectivity index (χ1v) is 5.87. The van der Waals surface area contributed by atoms with Gasteiger partial charge < -0.3 is 25.1 Å². The molecule has 0 aromatic carbocycles. The van der Waals surface area contributed by atoms with Crippen LogP contribution in [0.25, 0.3) is 0 Å². The van der Waals surface area contributed by atoms with Crippen LogP contribution in [0.3, 0.4) is 0 Å². The molecule has 0 amide bonds. The fraction of sp³-hybridized carbons (Fsp3) is 0.571. The van der Waals surface area contributed by atoms with E-state index >= 15 is 0 Å². The monoisotopic (exact) mass is 334 g/mol. The number of carboxylic acid groups (broad SMARTS) is 3. The molecule has 0 fully saturated rings. The van der Waals surface area contributed by atoms with E-state index in [2.05, 4.69) is 0 Å². The molecule has 0 aliphatic rings. The Labute approximate surface area is 114 Å². The molecule has 0 aliphatic carbocycles. The first-order valence-electron chi connectivity index (χ1n) is 4.25. The van der Waals surface area contributed by atoms with Crippen LogP contribution in [0.4, 0.5) is 0 Å². The molecule has 5 N–H and O–H groups in total. The Morgan fingerprint density at radius 1 is 1.00 bits per heavy atom. The van der Waals surface area contributed by atoms with E-state index in [1.807, 2.05) is 0 Å². The Morgan fingerprint density at radius 3 is 1.67 bits per heavy atom. The summed E-state index contributed by atoms with van der Waals surface area (Å²) in [7, 11) is -5.32. The van der Waals surface area contributed by atoms with Gasteiger partial charge in [0, 0.05) is 25.9 Å². The summed E-state index contributed by atoms with van der Waals surface area (Å²) in [6.45, 7) is 0. The summed E-state index contributed by atoms with van der Waals surface area (Å²) >= 11 is 0. The van der Waals surface area contributed by atoms with E-state index < -0.39 is 49.9 Å². The summed E-state index contributed by atoms with van der Waals surface area (Å²) in [6, 6.07) is 0. The molecule has 0 spiro atoms. The van der Waals surface area contributed by atoms with Gasteiger partial charge in [0.25, 0.3) is 0 Å². The maximum absolute atomic E-state index is 11.1. The molecular weight excluding hydrogens is 324 g/mol. The molecule has 0 saturated heterocycles. The number of carboxylic acids is 3. The second-order valence-corrected chi connectivity index (χ2v) is 5.29. The molecule has 0 aromatic rings. The molecule has 0 heterocycles. The van der Waals surface area contributed by atoms with Gasteiger partial charge in [-0.25, -0.2) is 0 Å². The van der Waals surface area contributed by atoms with Crippen LogP contribution in [0.1, 0.15) is 19.3 Å². The first-order chi connectivity index (χ1) is 7.53. The van der Waals surface area contributed by atoms with Crippen molar-refractivity contribution in [3.63, 3.8) is 0 Å². The first kappa shape index (κ1) is 19.5. The molecule has 11 heteroatoms. The minimum absolute atomic E-state index is 0. The van der Waals surface area contributed by atoms with Gasteiger partial charge in [-0.05, 0) is 6.42 Å². The fourth-order valence-electron chi connectivity index (χ4n) is 1.21. The summed E-state index contributed by atoms with van der Waals surface area (Å²) in [5.41, 5.74) is 0. The van der Waals surface area contributed by atoms with Gasteiger partial charge in [-0.3, -0.25) is 18.9 Å². The number of hydrogen-bond acceptors (Lipinski definition) is 4. The van der Waals surface area contributed by atoms with Crippen molar-refractivity contribution in [2.24, 2.45) is 0 Å². The quantitative estimate of drug-likeness (QED) is 0.299. The number of rotatable bonds is 7. The second-order valence-electron chi connectivity index (χ2n) is 3.35. The Balaban J connectivity index is 0. The second kappa shape index (κ2) is 6.94. The van der Waals surface area contributed by atoms with Crippen LogP contribution in [0.15, 0.2) is 0 Å². The molecule has 18 heavy (non-hydrogen) atoms. The maximum Gasteiger partial charge on any atom is 0.343 e. The molecule has 0 rings (SSSR count).